The first kappa shape index (κ1) is 28.1. The third-order valence-corrected chi connectivity index (χ3v) is 7.65. The fraction of sp³-hybridized carbons (Fsp3) is 0.263. The number of hydrogen-bond acceptors (Lipinski definition) is 8. The van der Waals surface area contributed by atoms with Gasteiger partial charge in [0.2, 0.25) is 0 Å². The van der Waals surface area contributed by atoms with E-state index >= 15 is 0 Å². The van der Waals surface area contributed by atoms with Gasteiger partial charge in [-0.05, 0) is 55.5 Å². The lowest BCUT2D eigenvalue weighted by atomic mass is 10.4. The monoisotopic (exact) mass is 545 g/mol. The molecule has 2 aromatic rings. The third kappa shape index (κ3) is 9.26. The summed E-state index contributed by atoms with van der Waals surface area (Å²) in [5.41, 5.74) is 0. The first-order valence-electron chi connectivity index (χ1n) is 9.26. The number of carbonyl (C=O) groups excluding carboxylic acids is 2. The van der Waals surface area contributed by atoms with Crippen molar-refractivity contribution in [2.75, 3.05) is 19.4 Å². The number of alkyl halides is 3. The van der Waals surface area contributed by atoms with Gasteiger partial charge in [-0.15, -0.1) is 0 Å². The van der Waals surface area contributed by atoms with Gasteiger partial charge in [-0.3, -0.25) is 14.2 Å². The summed E-state index contributed by atoms with van der Waals surface area (Å²) in [7, 11) is -4.59. The summed E-state index contributed by atoms with van der Waals surface area (Å²) < 4.78 is 93.7. The zero-order chi connectivity index (χ0) is 25.4. The maximum atomic E-state index is 13.3. The molecule has 0 aliphatic heterocycles. The van der Waals surface area contributed by atoms with Crippen LogP contribution in [0, 0.1) is 11.6 Å². The smallest absolute Gasteiger partial charge is 0.465 e. The van der Waals surface area contributed by atoms with Gasteiger partial charge < -0.3 is 9.64 Å². The molecule has 2 rings (SSSR count). The van der Waals surface area contributed by atoms with Crippen molar-refractivity contribution in [2.24, 2.45) is 0 Å². The molecular weight excluding hydrogens is 528 g/mol. The highest BCUT2D eigenvalue weighted by molar-refractivity contribution is 8.01. The minimum atomic E-state index is -5.40. The van der Waals surface area contributed by atoms with Crippen molar-refractivity contribution in [3.8, 4) is 0 Å². The van der Waals surface area contributed by atoms with E-state index in [4.69, 9.17) is 7.94 Å². The fourth-order valence-electron chi connectivity index (χ4n) is 2.18. The Labute approximate surface area is 199 Å². The Kier molecular flexibility index (Phi) is 10.4. The second-order valence-electron chi connectivity index (χ2n) is 6.28. The molecule has 186 valence electrons. The van der Waals surface area contributed by atoms with E-state index in [1.54, 1.807) is 0 Å². The lowest BCUT2D eigenvalue weighted by molar-refractivity contribution is -0.186. The number of carbonyl (C=O) groups is 2. The van der Waals surface area contributed by atoms with E-state index in [1.165, 1.54) is 31.2 Å². The van der Waals surface area contributed by atoms with Crippen LogP contribution < -0.4 is 0 Å². The van der Waals surface area contributed by atoms with Crippen LogP contribution in [0.3, 0.4) is 0 Å². The fourth-order valence-corrected chi connectivity index (χ4v) is 5.61. The second kappa shape index (κ2) is 12.5. The molecule has 2 aromatic carbocycles. The number of ether oxygens (including phenoxy) is 1. The van der Waals surface area contributed by atoms with Crippen LogP contribution in [0.15, 0.2) is 58.3 Å². The highest BCUT2D eigenvalue weighted by atomic mass is 32.2. The minimum Gasteiger partial charge on any atom is -0.465 e. The molecule has 0 atom stereocenters. The van der Waals surface area contributed by atoms with Crippen molar-refractivity contribution in [1.29, 1.82) is 0 Å². The number of amides is 1. The predicted molar refractivity (Wildman–Crippen MR) is 114 cm³/mol. The summed E-state index contributed by atoms with van der Waals surface area (Å²) in [5.74, 6) is -4.80. The van der Waals surface area contributed by atoms with Gasteiger partial charge in [-0.25, -0.2) is 16.7 Å². The summed E-state index contributed by atoms with van der Waals surface area (Å²) in [5, 5.41) is 0. The molecule has 0 N–H and O–H groups in total. The number of nitrogens with zero attached hydrogens (tertiary/aromatic N) is 1. The molecule has 0 unspecified atom stereocenters. The highest BCUT2D eigenvalue weighted by Gasteiger charge is 2.46. The third-order valence-electron chi connectivity index (χ3n) is 3.62. The largest absolute Gasteiger partial charge is 0.471 e. The summed E-state index contributed by atoms with van der Waals surface area (Å²) in [6, 6.07) is 9.22. The summed E-state index contributed by atoms with van der Waals surface area (Å²) >= 11 is 0.801. The molecule has 15 heteroatoms. The molecule has 0 heterocycles. The Morgan fingerprint density at radius 3 is 1.74 bits per heavy atom. The van der Waals surface area contributed by atoms with E-state index in [-0.39, 0.29) is 21.3 Å². The van der Waals surface area contributed by atoms with E-state index in [0.29, 0.717) is 24.1 Å². The van der Waals surface area contributed by atoms with Crippen molar-refractivity contribution in [1.82, 2.24) is 4.90 Å². The summed E-state index contributed by atoms with van der Waals surface area (Å²) in [6.45, 7) is 0.0628. The normalized spacial score (nSPS) is 11.8. The molecule has 0 spiro atoms. The molecule has 34 heavy (non-hydrogen) atoms. The van der Waals surface area contributed by atoms with Crippen LogP contribution in [0.5, 0.6) is 0 Å². The van der Waals surface area contributed by atoms with Crippen LogP contribution in [0.25, 0.3) is 0 Å². The van der Waals surface area contributed by atoms with Gasteiger partial charge >= 0.3 is 25.6 Å². The minimum absolute atomic E-state index is 0.0603. The number of halogens is 5. The molecule has 0 aliphatic rings. The number of benzene rings is 2. The average molecular weight is 545 g/mol. The molecule has 0 aliphatic carbocycles. The molecule has 0 aromatic heterocycles. The van der Waals surface area contributed by atoms with Crippen molar-refractivity contribution in [2.45, 2.75) is 22.9 Å². The molecule has 0 bridgehead atoms. The predicted octanol–water partition coefficient (Wildman–Crippen LogP) is 5.82. The van der Waals surface area contributed by atoms with E-state index in [9.17, 15) is 36.1 Å². The van der Waals surface area contributed by atoms with Crippen LogP contribution in [-0.2, 0) is 26.8 Å². The van der Waals surface area contributed by atoms with E-state index in [1.807, 2.05) is 0 Å². The SMILES string of the molecule is CCOC(=O)CN(CP(=O)(OSc1ccc(F)cc1)OSc1ccc(F)cc1)C(=O)C(F)(F)F. The lowest BCUT2D eigenvalue weighted by Crippen LogP contribution is -2.44. The summed E-state index contributed by atoms with van der Waals surface area (Å²) in [6.07, 6.45) is -6.67. The second-order valence-corrected chi connectivity index (χ2v) is 10.3. The Hall–Kier alpha value is -2.12. The van der Waals surface area contributed by atoms with Gasteiger partial charge in [0.05, 0.1) is 6.61 Å². The van der Waals surface area contributed by atoms with Crippen LogP contribution in [0.2, 0.25) is 0 Å². The topological polar surface area (TPSA) is 82.1 Å². The Morgan fingerprint density at radius 1 is 0.912 bits per heavy atom. The molecular formula is C19H17F5NO6PS2. The summed E-state index contributed by atoms with van der Waals surface area (Å²) in [4.78, 5) is 24.0. The standard InChI is InChI=1S/C19H17F5NO6PS2/c1-2-29-17(26)11-25(18(27)19(22,23)24)12-32(28,30-33-15-7-3-13(20)4-8-15)31-34-16-9-5-14(21)6-10-16/h3-10H,2,11-12H2,1H3. The molecule has 1 amide bonds. The molecule has 0 saturated carbocycles. The van der Waals surface area contributed by atoms with Crippen LogP contribution in [0.4, 0.5) is 22.0 Å². The van der Waals surface area contributed by atoms with Gasteiger partial charge in [0.1, 0.15) is 24.5 Å². The van der Waals surface area contributed by atoms with E-state index < -0.39 is 50.1 Å². The quantitative estimate of drug-likeness (QED) is 0.151. The maximum Gasteiger partial charge on any atom is 0.471 e. The van der Waals surface area contributed by atoms with E-state index in [0.717, 1.165) is 24.3 Å². The average Bonchev–Trinajstić information content (AvgIpc) is 2.77. The Bertz CT molecular complexity index is 970. The van der Waals surface area contributed by atoms with Crippen molar-refractivity contribution in [3.63, 3.8) is 0 Å². The van der Waals surface area contributed by atoms with Crippen molar-refractivity contribution >= 4 is 43.6 Å². The van der Waals surface area contributed by atoms with Gasteiger partial charge in [-0.1, -0.05) is 0 Å². The number of esters is 1. The first-order chi connectivity index (χ1) is 15.9. The Balaban J connectivity index is 2.27. The molecule has 0 fully saturated rings. The van der Waals surface area contributed by atoms with Crippen molar-refractivity contribution in [3.05, 3.63) is 60.2 Å². The van der Waals surface area contributed by atoms with Gasteiger partial charge in [-0.2, -0.15) is 13.2 Å². The molecule has 0 radical (unpaired) electrons. The van der Waals surface area contributed by atoms with Crippen LogP contribution >= 0.6 is 31.7 Å². The zero-order valence-electron chi connectivity index (χ0n) is 17.3. The van der Waals surface area contributed by atoms with Crippen molar-refractivity contribution < 1.29 is 48.8 Å². The Morgan fingerprint density at radius 2 is 1.35 bits per heavy atom. The molecule has 0 saturated heterocycles. The maximum absolute atomic E-state index is 13.3. The van der Waals surface area contributed by atoms with Crippen LogP contribution in [0.1, 0.15) is 6.92 Å². The number of rotatable bonds is 11. The number of hydrogen-bond donors (Lipinski definition) is 0. The van der Waals surface area contributed by atoms with Crippen LogP contribution in [-0.4, -0.2) is 42.4 Å². The van der Waals surface area contributed by atoms with Gasteiger partial charge in [0, 0.05) is 33.9 Å². The first-order valence-corrected chi connectivity index (χ1v) is 12.5. The van der Waals surface area contributed by atoms with Gasteiger partial charge in [0.15, 0.2) is 0 Å². The zero-order valence-corrected chi connectivity index (χ0v) is 19.8. The van der Waals surface area contributed by atoms with Gasteiger partial charge in [0.25, 0.3) is 0 Å². The molecule has 7 nitrogen and oxygen atoms in total. The van der Waals surface area contributed by atoms with E-state index in [2.05, 4.69) is 4.74 Å². The highest BCUT2D eigenvalue weighted by Crippen LogP contribution is 2.57. The lowest BCUT2D eigenvalue weighted by Gasteiger charge is -2.26.